The third-order valence-corrected chi connectivity index (χ3v) is 4.63. The molecule has 0 aliphatic carbocycles. The first-order valence-electron chi connectivity index (χ1n) is 5.90. The van der Waals surface area contributed by atoms with E-state index in [4.69, 9.17) is 17.3 Å². The molecule has 0 radical (unpaired) electrons. The monoisotopic (exact) mass is 270 g/mol. The summed E-state index contributed by atoms with van der Waals surface area (Å²) in [4.78, 5) is 2.38. The van der Waals surface area contributed by atoms with Crippen LogP contribution in [-0.2, 0) is 6.54 Å². The number of hydrogen-bond donors (Lipinski definition) is 1. The van der Waals surface area contributed by atoms with Crippen molar-refractivity contribution >= 4 is 29.1 Å². The van der Waals surface area contributed by atoms with Crippen LogP contribution >= 0.6 is 23.4 Å². The van der Waals surface area contributed by atoms with E-state index in [-0.39, 0.29) is 4.75 Å². The highest BCUT2D eigenvalue weighted by Crippen LogP contribution is 2.36. The fourth-order valence-corrected chi connectivity index (χ4v) is 3.71. The summed E-state index contributed by atoms with van der Waals surface area (Å²) < 4.78 is 0.281. The number of thioether (sulfide) groups is 1. The van der Waals surface area contributed by atoms with Gasteiger partial charge in [-0.3, -0.25) is 0 Å². The Labute approximate surface area is 113 Å². The molecule has 0 unspecified atom stereocenters. The quantitative estimate of drug-likeness (QED) is 0.895. The molecule has 0 aromatic heterocycles. The second kappa shape index (κ2) is 5.09. The van der Waals surface area contributed by atoms with Crippen LogP contribution in [0.3, 0.4) is 0 Å². The summed E-state index contributed by atoms with van der Waals surface area (Å²) in [7, 11) is 0. The molecule has 17 heavy (non-hydrogen) atoms. The van der Waals surface area contributed by atoms with E-state index < -0.39 is 0 Å². The maximum Gasteiger partial charge on any atom is 0.0642 e. The number of anilines is 1. The van der Waals surface area contributed by atoms with Crippen LogP contribution in [0.2, 0.25) is 5.02 Å². The van der Waals surface area contributed by atoms with Gasteiger partial charge in [-0.15, -0.1) is 0 Å². The average Bonchev–Trinajstić information content (AvgIpc) is 2.27. The van der Waals surface area contributed by atoms with Gasteiger partial charge < -0.3 is 10.6 Å². The number of rotatable bonds is 2. The highest BCUT2D eigenvalue weighted by Gasteiger charge is 2.28. The zero-order valence-corrected chi connectivity index (χ0v) is 11.9. The minimum atomic E-state index is 0.281. The fourth-order valence-electron chi connectivity index (χ4n) is 2.29. The largest absolute Gasteiger partial charge is 0.368 e. The average molecular weight is 271 g/mol. The fraction of sp³-hybridized carbons (Fsp3) is 0.538. The van der Waals surface area contributed by atoms with E-state index in [1.54, 1.807) is 0 Å². The normalized spacial score (nSPS) is 19.4. The summed E-state index contributed by atoms with van der Waals surface area (Å²) in [6.07, 6.45) is 0. The van der Waals surface area contributed by atoms with Gasteiger partial charge in [0.2, 0.25) is 0 Å². The Morgan fingerprint density at radius 2 is 2.24 bits per heavy atom. The Hall–Kier alpha value is -0.380. The van der Waals surface area contributed by atoms with Crippen molar-refractivity contribution in [1.82, 2.24) is 0 Å². The Balaban J connectivity index is 2.33. The SMILES string of the molecule is CC1(C)CN(c2c(Cl)cccc2CN)CCS1. The summed E-state index contributed by atoms with van der Waals surface area (Å²) in [6, 6.07) is 5.98. The molecule has 1 aliphatic heterocycles. The maximum atomic E-state index is 6.33. The number of benzene rings is 1. The van der Waals surface area contributed by atoms with Crippen LogP contribution in [-0.4, -0.2) is 23.6 Å². The van der Waals surface area contributed by atoms with Gasteiger partial charge in [0.05, 0.1) is 10.7 Å². The van der Waals surface area contributed by atoms with E-state index in [1.165, 1.54) is 0 Å². The Morgan fingerprint density at radius 1 is 1.47 bits per heavy atom. The zero-order valence-electron chi connectivity index (χ0n) is 10.4. The Kier molecular flexibility index (Phi) is 3.91. The molecular formula is C13H19ClN2S. The van der Waals surface area contributed by atoms with E-state index in [2.05, 4.69) is 24.8 Å². The molecule has 0 spiro atoms. The number of halogens is 1. The lowest BCUT2D eigenvalue weighted by Gasteiger charge is -2.40. The molecule has 0 atom stereocenters. The number of para-hydroxylation sites is 1. The van der Waals surface area contributed by atoms with Gasteiger partial charge in [-0.05, 0) is 25.5 Å². The first kappa shape index (κ1) is 13.1. The third kappa shape index (κ3) is 2.90. The summed E-state index contributed by atoms with van der Waals surface area (Å²) in [6.45, 7) is 7.17. The molecule has 0 bridgehead atoms. The smallest absolute Gasteiger partial charge is 0.0642 e. The van der Waals surface area contributed by atoms with Crippen LogP contribution in [0.1, 0.15) is 19.4 Å². The lowest BCUT2D eigenvalue weighted by Crippen LogP contribution is -2.43. The van der Waals surface area contributed by atoms with Crippen molar-refractivity contribution in [2.45, 2.75) is 25.1 Å². The van der Waals surface area contributed by atoms with Crippen LogP contribution in [0.4, 0.5) is 5.69 Å². The topological polar surface area (TPSA) is 29.3 Å². The lowest BCUT2D eigenvalue weighted by molar-refractivity contribution is 0.646. The van der Waals surface area contributed by atoms with E-state index in [0.717, 1.165) is 35.1 Å². The van der Waals surface area contributed by atoms with Gasteiger partial charge in [0, 0.05) is 30.1 Å². The van der Waals surface area contributed by atoms with Gasteiger partial charge in [-0.1, -0.05) is 23.7 Å². The number of nitrogens with zero attached hydrogens (tertiary/aromatic N) is 1. The van der Waals surface area contributed by atoms with Crippen molar-refractivity contribution in [3.63, 3.8) is 0 Å². The van der Waals surface area contributed by atoms with Crippen molar-refractivity contribution in [3.8, 4) is 0 Å². The zero-order chi connectivity index (χ0) is 12.5. The first-order valence-corrected chi connectivity index (χ1v) is 7.26. The van der Waals surface area contributed by atoms with Crippen molar-refractivity contribution < 1.29 is 0 Å². The molecule has 2 rings (SSSR count). The second-order valence-electron chi connectivity index (χ2n) is 4.98. The second-order valence-corrected chi connectivity index (χ2v) is 7.19. The molecule has 0 amide bonds. The van der Waals surface area contributed by atoms with Gasteiger partial charge in [0.25, 0.3) is 0 Å². The van der Waals surface area contributed by atoms with E-state index >= 15 is 0 Å². The molecule has 4 heteroatoms. The predicted octanol–water partition coefficient (Wildman–Crippen LogP) is 3.13. The molecule has 2 nitrogen and oxygen atoms in total. The van der Waals surface area contributed by atoms with E-state index in [0.29, 0.717) is 6.54 Å². The van der Waals surface area contributed by atoms with Crippen molar-refractivity contribution in [3.05, 3.63) is 28.8 Å². The molecule has 1 aromatic carbocycles. The van der Waals surface area contributed by atoms with Crippen LogP contribution in [0.5, 0.6) is 0 Å². The molecule has 1 heterocycles. The molecular weight excluding hydrogens is 252 g/mol. The molecule has 94 valence electrons. The van der Waals surface area contributed by atoms with Crippen molar-refractivity contribution in [2.24, 2.45) is 5.73 Å². The molecule has 1 saturated heterocycles. The van der Waals surface area contributed by atoms with Crippen LogP contribution in [0, 0.1) is 0 Å². The number of nitrogens with two attached hydrogens (primary N) is 1. The molecule has 0 saturated carbocycles. The van der Waals surface area contributed by atoms with E-state index in [1.807, 2.05) is 23.9 Å². The summed E-state index contributed by atoms with van der Waals surface area (Å²) in [5.74, 6) is 1.14. The minimum Gasteiger partial charge on any atom is -0.368 e. The van der Waals surface area contributed by atoms with Crippen LogP contribution in [0.25, 0.3) is 0 Å². The van der Waals surface area contributed by atoms with Crippen LogP contribution in [0.15, 0.2) is 18.2 Å². The van der Waals surface area contributed by atoms with Gasteiger partial charge >= 0.3 is 0 Å². The Morgan fingerprint density at radius 3 is 2.88 bits per heavy atom. The molecule has 2 N–H and O–H groups in total. The number of hydrogen-bond acceptors (Lipinski definition) is 3. The van der Waals surface area contributed by atoms with Crippen molar-refractivity contribution in [2.75, 3.05) is 23.7 Å². The highest BCUT2D eigenvalue weighted by molar-refractivity contribution is 8.00. The Bertz CT molecular complexity index is 406. The third-order valence-electron chi connectivity index (χ3n) is 3.03. The lowest BCUT2D eigenvalue weighted by atomic mass is 10.1. The minimum absolute atomic E-state index is 0.281. The van der Waals surface area contributed by atoms with Crippen molar-refractivity contribution in [1.29, 1.82) is 0 Å². The van der Waals surface area contributed by atoms with Crippen LogP contribution < -0.4 is 10.6 Å². The standard InChI is InChI=1S/C13H19ClN2S/c1-13(2)9-16(6-7-17-13)12-10(8-15)4-3-5-11(12)14/h3-5H,6-9,15H2,1-2H3. The summed E-state index contributed by atoms with van der Waals surface area (Å²) in [5, 5.41) is 0.815. The van der Waals surface area contributed by atoms with Gasteiger partial charge in [0.1, 0.15) is 0 Å². The molecule has 1 aromatic rings. The highest BCUT2D eigenvalue weighted by atomic mass is 35.5. The molecule has 1 fully saturated rings. The van der Waals surface area contributed by atoms with E-state index in [9.17, 15) is 0 Å². The molecule has 1 aliphatic rings. The predicted molar refractivity (Wildman–Crippen MR) is 78.1 cm³/mol. The van der Waals surface area contributed by atoms with Gasteiger partial charge in [-0.2, -0.15) is 11.8 Å². The first-order chi connectivity index (χ1) is 8.03. The van der Waals surface area contributed by atoms with Gasteiger partial charge in [-0.25, -0.2) is 0 Å². The summed E-state index contributed by atoms with van der Waals surface area (Å²) in [5.41, 5.74) is 8.07. The maximum absolute atomic E-state index is 6.33. The summed E-state index contributed by atoms with van der Waals surface area (Å²) >= 11 is 8.35. The van der Waals surface area contributed by atoms with Gasteiger partial charge in [0.15, 0.2) is 0 Å².